The Hall–Kier alpha value is -1.02. The highest BCUT2D eigenvalue weighted by Crippen LogP contribution is 2.24. The molecule has 68 valence electrons. The van der Waals surface area contributed by atoms with Gasteiger partial charge in [0.2, 0.25) is 0 Å². The zero-order valence-corrected chi connectivity index (χ0v) is 8.14. The fourth-order valence-corrected chi connectivity index (χ4v) is 1.69. The molecule has 2 rings (SSSR count). The number of hydrogen-bond donors (Lipinski definition) is 0. The van der Waals surface area contributed by atoms with Crippen molar-refractivity contribution < 1.29 is 4.42 Å². The van der Waals surface area contributed by atoms with Gasteiger partial charge in [0.05, 0.1) is 5.02 Å². The van der Waals surface area contributed by atoms with Gasteiger partial charge in [-0.3, -0.25) is 0 Å². The number of aryl methyl sites for hydroxylation is 1. The van der Waals surface area contributed by atoms with E-state index in [1.165, 1.54) is 12.0 Å². The fourth-order valence-electron chi connectivity index (χ4n) is 1.41. The Bertz CT molecular complexity index is 422. The molecular weight excluding hydrogens is 186 g/mol. The van der Waals surface area contributed by atoms with Crippen LogP contribution < -0.4 is 0 Å². The van der Waals surface area contributed by atoms with Gasteiger partial charge in [-0.05, 0) is 24.1 Å². The van der Waals surface area contributed by atoms with Crippen LogP contribution in [0.3, 0.4) is 0 Å². The number of benzene rings is 1. The van der Waals surface area contributed by atoms with E-state index in [1.54, 1.807) is 0 Å². The van der Waals surface area contributed by atoms with Gasteiger partial charge in [-0.15, -0.1) is 0 Å². The van der Waals surface area contributed by atoms with E-state index in [4.69, 9.17) is 16.0 Å². The maximum absolute atomic E-state index is 6.02. The van der Waals surface area contributed by atoms with Crippen LogP contribution in [0.5, 0.6) is 0 Å². The summed E-state index contributed by atoms with van der Waals surface area (Å²) in [6.45, 7) is 2.14. The van der Waals surface area contributed by atoms with E-state index in [0.29, 0.717) is 5.02 Å². The Morgan fingerprint density at radius 1 is 1.46 bits per heavy atom. The fraction of sp³-hybridized carbons (Fsp3) is 0.300. The SMILES string of the molecule is CCCc1cc(Cl)c2ncoc2c1. The lowest BCUT2D eigenvalue weighted by molar-refractivity contribution is 0.601. The molecule has 0 aliphatic heterocycles. The predicted molar refractivity (Wildman–Crippen MR) is 53.0 cm³/mol. The van der Waals surface area contributed by atoms with Crippen LogP contribution in [0.15, 0.2) is 22.9 Å². The number of nitrogens with zero attached hydrogens (tertiary/aromatic N) is 1. The summed E-state index contributed by atoms with van der Waals surface area (Å²) in [5.41, 5.74) is 2.73. The molecule has 2 nitrogen and oxygen atoms in total. The maximum atomic E-state index is 6.02. The molecule has 0 radical (unpaired) electrons. The van der Waals surface area contributed by atoms with Crippen molar-refractivity contribution in [2.75, 3.05) is 0 Å². The molecule has 2 aromatic rings. The van der Waals surface area contributed by atoms with Crippen LogP contribution in [0.25, 0.3) is 11.1 Å². The average molecular weight is 196 g/mol. The third kappa shape index (κ3) is 1.54. The zero-order chi connectivity index (χ0) is 9.26. The van der Waals surface area contributed by atoms with Gasteiger partial charge in [0.15, 0.2) is 12.0 Å². The number of rotatable bonds is 2. The van der Waals surface area contributed by atoms with Crippen LogP contribution in [0.2, 0.25) is 5.02 Å². The second-order valence-electron chi connectivity index (χ2n) is 3.03. The number of hydrogen-bond acceptors (Lipinski definition) is 2. The van der Waals surface area contributed by atoms with Gasteiger partial charge in [-0.25, -0.2) is 4.98 Å². The van der Waals surface area contributed by atoms with Crippen LogP contribution in [0, 0.1) is 0 Å². The molecule has 1 aromatic heterocycles. The zero-order valence-electron chi connectivity index (χ0n) is 7.38. The Morgan fingerprint density at radius 2 is 2.31 bits per heavy atom. The Morgan fingerprint density at radius 3 is 3.08 bits per heavy atom. The summed E-state index contributed by atoms with van der Waals surface area (Å²) in [7, 11) is 0. The lowest BCUT2D eigenvalue weighted by Crippen LogP contribution is -1.83. The smallest absolute Gasteiger partial charge is 0.182 e. The van der Waals surface area contributed by atoms with Crippen LogP contribution in [-0.2, 0) is 6.42 Å². The lowest BCUT2D eigenvalue weighted by Gasteiger charge is -1.98. The molecule has 1 heterocycles. The van der Waals surface area contributed by atoms with Crippen LogP contribution in [0.4, 0.5) is 0 Å². The Labute approximate surface area is 81.5 Å². The Kier molecular flexibility index (Phi) is 2.23. The molecule has 0 aliphatic rings. The number of fused-ring (bicyclic) bond motifs is 1. The molecule has 0 unspecified atom stereocenters. The first kappa shape index (κ1) is 8.57. The Balaban J connectivity index is 2.56. The molecule has 0 saturated carbocycles. The van der Waals surface area contributed by atoms with Crippen molar-refractivity contribution >= 4 is 22.7 Å². The molecule has 0 N–H and O–H groups in total. The molecule has 0 amide bonds. The highest BCUT2D eigenvalue weighted by atomic mass is 35.5. The molecule has 3 heteroatoms. The molecular formula is C10H10ClNO. The monoisotopic (exact) mass is 195 g/mol. The summed E-state index contributed by atoms with van der Waals surface area (Å²) in [5.74, 6) is 0. The summed E-state index contributed by atoms with van der Waals surface area (Å²) in [5, 5.41) is 0.676. The molecule has 0 fully saturated rings. The van der Waals surface area contributed by atoms with Crippen LogP contribution in [-0.4, -0.2) is 4.98 Å². The van der Waals surface area contributed by atoms with Gasteiger partial charge in [0.1, 0.15) is 5.52 Å². The maximum Gasteiger partial charge on any atom is 0.182 e. The standard InChI is InChI=1S/C10H10ClNO/c1-2-3-7-4-8(11)10-9(5-7)13-6-12-10/h4-6H,2-3H2,1H3. The van der Waals surface area contributed by atoms with Crippen molar-refractivity contribution in [1.82, 2.24) is 4.98 Å². The third-order valence-corrected chi connectivity index (χ3v) is 2.28. The first-order valence-corrected chi connectivity index (χ1v) is 4.70. The van der Waals surface area contributed by atoms with Gasteiger partial charge in [0, 0.05) is 0 Å². The number of oxazole rings is 1. The summed E-state index contributed by atoms with van der Waals surface area (Å²) in [6.07, 6.45) is 3.55. The molecule has 0 atom stereocenters. The van der Waals surface area contributed by atoms with Crippen molar-refractivity contribution in [2.45, 2.75) is 19.8 Å². The van der Waals surface area contributed by atoms with Crippen molar-refractivity contribution in [2.24, 2.45) is 0 Å². The molecule has 13 heavy (non-hydrogen) atoms. The molecule has 0 aliphatic carbocycles. The minimum absolute atomic E-state index is 0.676. The summed E-state index contributed by atoms with van der Waals surface area (Å²) >= 11 is 6.02. The number of aromatic nitrogens is 1. The summed E-state index contributed by atoms with van der Waals surface area (Å²) < 4.78 is 5.19. The topological polar surface area (TPSA) is 26.0 Å². The minimum Gasteiger partial charge on any atom is -0.443 e. The van der Waals surface area contributed by atoms with Crippen molar-refractivity contribution in [3.05, 3.63) is 29.1 Å². The summed E-state index contributed by atoms with van der Waals surface area (Å²) in [6, 6.07) is 3.95. The largest absolute Gasteiger partial charge is 0.443 e. The highest BCUT2D eigenvalue weighted by molar-refractivity contribution is 6.34. The van der Waals surface area contributed by atoms with Crippen LogP contribution >= 0.6 is 11.6 Å². The first-order valence-electron chi connectivity index (χ1n) is 4.33. The second kappa shape index (κ2) is 3.38. The highest BCUT2D eigenvalue weighted by Gasteiger charge is 2.05. The lowest BCUT2D eigenvalue weighted by atomic mass is 10.1. The minimum atomic E-state index is 0.676. The van der Waals surface area contributed by atoms with E-state index in [0.717, 1.165) is 23.9 Å². The molecule has 1 aromatic carbocycles. The van der Waals surface area contributed by atoms with E-state index in [1.807, 2.05) is 12.1 Å². The quantitative estimate of drug-likeness (QED) is 0.734. The summed E-state index contributed by atoms with van der Waals surface area (Å²) in [4.78, 5) is 4.02. The number of halogens is 1. The normalized spacial score (nSPS) is 10.9. The van der Waals surface area contributed by atoms with E-state index in [9.17, 15) is 0 Å². The third-order valence-electron chi connectivity index (χ3n) is 1.99. The van der Waals surface area contributed by atoms with E-state index < -0.39 is 0 Å². The van der Waals surface area contributed by atoms with Gasteiger partial charge >= 0.3 is 0 Å². The van der Waals surface area contributed by atoms with Gasteiger partial charge in [-0.1, -0.05) is 24.9 Å². The average Bonchev–Trinajstić information content (AvgIpc) is 2.53. The van der Waals surface area contributed by atoms with E-state index in [2.05, 4.69) is 11.9 Å². The van der Waals surface area contributed by atoms with Crippen molar-refractivity contribution in [1.29, 1.82) is 0 Å². The van der Waals surface area contributed by atoms with E-state index in [-0.39, 0.29) is 0 Å². The predicted octanol–water partition coefficient (Wildman–Crippen LogP) is 3.43. The van der Waals surface area contributed by atoms with Crippen molar-refractivity contribution in [3.63, 3.8) is 0 Å². The second-order valence-corrected chi connectivity index (χ2v) is 3.43. The van der Waals surface area contributed by atoms with Gasteiger partial charge in [-0.2, -0.15) is 0 Å². The molecule has 0 bridgehead atoms. The van der Waals surface area contributed by atoms with Gasteiger partial charge in [0.25, 0.3) is 0 Å². The van der Waals surface area contributed by atoms with Crippen LogP contribution in [0.1, 0.15) is 18.9 Å². The van der Waals surface area contributed by atoms with Gasteiger partial charge < -0.3 is 4.42 Å². The molecule has 0 spiro atoms. The van der Waals surface area contributed by atoms with Crippen molar-refractivity contribution in [3.8, 4) is 0 Å². The van der Waals surface area contributed by atoms with E-state index >= 15 is 0 Å². The molecule has 0 saturated heterocycles. The first-order chi connectivity index (χ1) is 6.31.